The van der Waals surface area contributed by atoms with Crippen LogP contribution in [0.15, 0.2) is 11.6 Å². The summed E-state index contributed by atoms with van der Waals surface area (Å²) in [5, 5.41) is 16.3. The molecule has 0 aliphatic rings. The van der Waals surface area contributed by atoms with Crippen LogP contribution in [0.2, 0.25) is 0 Å². The first-order chi connectivity index (χ1) is 9.76. The van der Waals surface area contributed by atoms with Crippen molar-refractivity contribution in [3.8, 4) is 0 Å². The van der Waals surface area contributed by atoms with E-state index in [4.69, 9.17) is 5.11 Å². The lowest BCUT2D eigenvalue weighted by Gasteiger charge is -2.19. The van der Waals surface area contributed by atoms with Crippen LogP contribution in [0.4, 0.5) is 4.79 Å². The molecular weight excluding hydrogens is 294 g/mol. The number of hydrogen-bond acceptors (Lipinski definition) is 5. The quantitative estimate of drug-likeness (QED) is 0.743. The standard InChI is InChI=1S/C13H19N3O4S/c1-4-8(10-14-5-6-21-10)15-12(20)16-9(17)7-13(2,3)11(18)19/h5-6,8H,4,7H2,1-3H3,(H,18,19)(H2,15,16,17,20). The van der Waals surface area contributed by atoms with Gasteiger partial charge in [0.05, 0.1) is 11.5 Å². The molecule has 7 nitrogen and oxygen atoms in total. The van der Waals surface area contributed by atoms with E-state index in [1.807, 2.05) is 6.92 Å². The van der Waals surface area contributed by atoms with Crippen molar-refractivity contribution < 1.29 is 19.5 Å². The summed E-state index contributed by atoms with van der Waals surface area (Å²) in [5.74, 6) is -1.72. The van der Waals surface area contributed by atoms with E-state index in [1.165, 1.54) is 25.2 Å². The second kappa shape index (κ2) is 7.16. The molecule has 116 valence electrons. The fourth-order valence-corrected chi connectivity index (χ4v) is 2.36. The van der Waals surface area contributed by atoms with Crippen LogP contribution in [0.25, 0.3) is 0 Å². The Kier molecular flexibility index (Phi) is 5.83. The number of nitrogens with one attached hydrogen (secondary N) is 2. The third-order valence-corrected chi connectivity index (χ3v) is 3.79. The number of carboxylic acids is 1. The molecule has 0 aliphatic carbocycles. The maximum atomic E-state index is 11.8. The lowest BCUT2D eigenvalue weighted by molar-refractivity contribution is -0.149. The van der Waals surface area contributed by atoms with Gasteiger partial charge in [-0.1, -0.05) is 6.92 Å². The van der Waals surface area contributed by atoms with Crippen molar-refractivity contribution in [2.24, 2.45) is 5.41 Å². The largest absolute Gasteiger partial charge is 0.481 e. The van der Waals surface area contributed by atoms with Crippen molar-refractivity contribution in [1.82, 2.24) is 15.6 Å². The van der Waals surface area contributed by atoms with Gasteiger partial charge in [0.2, 0.25) is 5.91 Å². The summed E-state index contributed by atoms with van der Waals surface area (Å²) >= 11 is 1.41. The lowest BCUT2D eigenvalue weighted by atomic mass is 9.89. The highest BCUT2D eigenvalue weighted by Gasteiger charge is 2.30. The zero-order chi connectivity index (χ0) is 16.0. The normalized spacial score (nSPS) is 12.5. The van der Waals surface area contributed by atoms with E-state index in [0.29, 0.717) is 6.42 Å². The number of aromatic nitrogens is 1. The molecule has 1 aromatic heterocycles. The number of aliphatic carboxylic acids is 1. The smallest absolute Gasteiger partial charge is 0.321 e. The first-order valence-electron chi connectivity index (χ1n) is 6.49. The number of imide groups is 1. The Morgan fingerprint density at radius 3 is 2.57 bits per heavy atom. The average molecular weight is 313 g/mol. The molecule has 1 unspecified atom stereocenters. The fourth-order valence-electron chi connectivity index (χ4n) is 1.59. The molecule has 0 aliphatic heterocycles. The van der Waals surface area contributed by atoms with Crippen LogP contribution < -0.4 is 10.6 Å². The number of hydrogen-bond donors (Lipinski definition) is 3. The Labute approximate surface area is 126 Å². The summed E-state index contributed by atoms with van der Waals surface area (Å²) in [6.07, 6.45) is 2.00. The summed E-state index contributed by atoms with van der Waals surface area (Å²) in [6.45, 7) is 4.75. The molecule has 0 saturated carbocycles. The monoisotopic (exact) mass is 313 g/mol. The molecular formula is C13H19N3O4S. The summed E-state index contributed by atoms with van der Waals surface area (Å²) in [7, 11) is 0. The zero-order valence-corrected chi connectivity index (χ0v) is 13.0. The number of carboxylic acid groups (broad SMARTS) is 1. The number of carbonyl (C=O) groups excluding carboxylic acids is 2. The first kappa shape index (κ1) is 17.1. The van der Waals surface area contributed by atoms with Gasteiger partial charge in [-0.15, -0.1) is 11.3 Å². The highest BCUT2D eigenvalue weighted by Crippen LogP contribution is 2.20. The van der Waals surface area contributed by atoms with Gasteiger partial charge in [0.15, 0.2) is 0 Å². The second-order valence-corrected chi connectivity index (χ2v) is 6.14. The van der Waals surface area contributed by atoms with E-state index in [9.17, 15) is 14.4 Å². The first-order valence-corrected chi connectivity index (χ1v) is 7.37. The molecule has 1 aromatic rings. The van der Waals surface area contributed by atoms with Crippen molar-refractivity contribution in [2.45, 2.75) is 39.7 Å². The van der Waals surface area contributed by atoms with Crippen LogP contribution in [0.5, 0.6) is 0 Å². The Balaban J connectivity index is 2.53. The van der Waals surface area contributed by atoms with Crippen molar-refractivity contribution in [3.63, 3.8) is 0 Å². The molecule has 3 N–H and O–H groups in total. The Hall–Kier alpha value is -1.96. The van der Waals surface area contributed by atoms with E-state index in [2.05, 4.69) is 15.6 Å². The number of rotatable bonds is 6. The molecule has 1 rings (SSSR count). The molecule has 21 heavy (non-hydrogen) atoms. The lowest BCUT2D eigenvalue weighted by Crippen LogP contribution is -2.43. The average Bonchev–Trinajstić information content (AvgIpc) is 2.88. The fraction of sp³-hybridized carbons (Fsp3) is 0.538. The molecule has 1 heterocycles. The molecule has 0 bridgehead atoms. The number of urea groups is 1. The van der Waals surface area contributed by atoms with Crippen molar-refractivity contribution in [1.29, 1.82) is 0 Å². The van der Waals surface area contributed by atoms with Crippen LogP contribution >= 0.6 is 11.3 Å². The SMILES string of the molecule is CCC(NC(=O)NC(=O)CC(C)(C)C(=O)O)c1nccs1. The maximum Gasteiger partial charge on any atom is 0.321 e. The molecule has 0 radical (unpaired) electrons. The highest BCUT2D eigenvalue weighted by atomic mass is 32.1. The van der Waals surface area contributed by atoms with Gasteiger partial charge in [0.1, 0.15) is 5.01 Å². The summed E-state index contributed by atoms with van der Waals surface area (Å²) in [5.41, 5.74) is -1.22. The molecule has 0 fully saturated rings. The maximum absolute atomic E-state index is 11.8. The van der Waals surface area contributed by atoms with Crippen molar-refractivity contribution in [3.05, 3.63) is 16.6 Å². The Morgan fingerprint density at radius 1 is 1.43 bits per heavy atom. The van der Waals surface area contributed by atoms with Crippen LogP contribution in [0.3, 0.4) is 0 Å². The van der Waals surface area contributed by atoms with Crippen LogP contribution in [-0.2, 0) is 9.59 Å². The number of carbonyl (C=O) groups is 3. The molecule has 1 atom stereocenters. The van der Waals surface area contributed by atoms with Gasteiger partial charge in [-0.3, -0.25) is 14.9 Å². The van der Waals surface area contributed by atoms with Gasteiger partial charge in [0, 0.05) is 18.0 Å². The predicted molar refractivity (Wildman–Crippen MR) is 77.9 cm³/mol. The summed E-state index contributed by atoms with van der Waals surface area (Å²) < 4.78 is 0. The van der Waals surface area contributed by atoms with Gasteiger partial charge in [-0.05, 0) is 20.3 Å². The minimum atomic E-state index is -1.22. The number of thiazole rings is 1. The Morgan fingerprint density at radius 2 is 2.10 bits per heavy atom. The highest BCUT2D eigenvalue weighted by molar-refractivity contribution is 7.09. The summed E-state index contributed by atoms with van der Waals surface area (Å²) in [4.78, 5) is 38.5. The predicted octanol–water partition coefficient (Wildman–Crippen LogP) is 1.92. The van der Waals surface area contributed by atoms with Crippen molar-refractivity contribution >= 4 is 29.2 Å². The third-order valence-electron chi connectivity index (χ3n) is 2.90. The van der Waals surface area contributed by atoms with Gasteiger partial charge < -0.3 is 10.4 Å². The van der Waals surface area contributed by atoms with Gasteiger partial charge >= 0.3 is 12.0 Å². The van der Waals surface area contributed by atoms with E-state index in [-0.39, 0.29) is 12.5 Å². The number of amides is 3. The van der Waals surface area contributed by atoms with E-state index < -0.39 is 23.3 Å². The minimum Gasteiger partial charge on any atom is -0.481 e. The van der Waals surface area contributed by atoms with Gasteiger partial charge in [-0.2, -0.15) is 0 Å². The molecule has 0 saturated heterocycles. The number of nitrogens with zero attached hydrogens (tertiary/aromatic N) is 1. The van der Waals surface area contributed by atoms with Gasteiger partial charge in [-0.25, -0.2) is 9.78 Å². The van der Waals surface area contributed by atoms with Crippen molar-refractivity contribution in [2.75, 3.05) is 0 Å². The van der Waals surface area contributed by atoms with Crippen LogP contribution in [0, 0.1) is 5.41 Å². The molecule has 3 amide bonds. The molecule has 0 aromatic carbocycles. The minimum absolute atomic E-state index is 0.273. The van der Waals surface area contributed by atoms with E-state index >= 15 is 0 Å². The Bertz CT molecular complexity index is 513. The van der Waals surface area contributed by atoms with E-state index in [0.717, 1.165) is 5.01 Å². The molecule has 8 heteroatoms. The van der Waals surface area contributed by atoms with Gasteiger partial charge in [0.25, 0.3) is 0 Å². The third kappa shape index (κ3) is 5.14. The molecule has 0 spiro atoms. The summed E-state index contributed by atoms with van der Waals surface area (Å²) in [6, 6.07) is -0.923. The van der Waals surface area contributed by atoms with E-state index in [1.54, 1.807) is 11.6 Å². The topological polar surface area (TPSA) is 108 Å². The van der Waals surface area contributed by atoms with Crippen LogP contribution in [0.1, 0.15) is 44.7 Å². The van der Waals surface area contributed by atoms with Crippen LogP contribution in [-0.4, -0.2) is 28.0 Å². The second-order valence-electron chi connectivity index (χ2n) is 5.22. The zero-order valence-electron chi connectivity index (χ0n) is 12.2.